The van der Waals surface area contributed by atoms with Gasteiger partial charge in [-0.1, -0.05) is 25.5 Å². The Hall–Kier alpha value is -2.24. The predicted molar refractivity (Wildman–Crippen MR) is 88.3 cm³/mol. The van der Waals surface area contributed by atoms with Crippen molar-refractivity contribution in [2.24, 2.45) is 5.73 Å². The number of ether oxygens (including phenoxy) is 2. The highest BCUT2D eigenvalue weighted by atomic mass is 16.5. The Labute approximate surface area is 137 Å². The van der Waals surface area contributed by atoms with E-state index in [1.54, 1.807) is 0 Å². The monoisotopic (exact) mass is 322 g/mol. The minimum Gasteiger partial charge on any atom is -0.491 e. The smallest absolute Gasteiger partial charge is 0.407 e. The lowest BCUT2D eigenvalue weighted by atomic mass is 10.1. The lowest BCUT2D eigenvalue weighted by Gasteiger charge is -2.16. The van der Waals surface area contributed by atoms with Crippen LogP contribution in [-0.2, 0) is 16.0 Å². The third-order valence-electron chi connectivity index (χ3n) is 3.10. The van der Waals surface area contributed by atoms with E-state index in [2.05, 4.69) is 5.32 Å². The summed E-state index contributed by atoms with van der Waals surface area (Å²) in [4.78, 5) is 23.1. The Morgan fingerprint density at radius 1 is 1.22 bits per heavy atom. The number of unbranched alkanes of at least 4 members (excludes halogenated alkanes) is 1. The van der Waals surface area contributed by atoms with Crippen LogP contribution in [0, 0.1) is 0 Å². The largest absolute Gasteiger partial charge is 0.491 e. The lowest BCUT2D eigenvalue weighted by molar-refractivity contribution is -0.119. The van der Waals surface area contributed by atoms with Gasteiger partial charge >= 0.3 is 6.09 Å². The van der Waals surface area contributed by atoms with E-state index < -0.39 is 18.0 Å². The van der Waals surface area contributed by atoms with Crippen LogP contribution in [0.15, 0.2) is 24.3 Å². The van der Waals surface area contributed by atoms with E-state index in [1.165, 1.54) is 0 Å². The highest BCUT2D eigenvalue weighted by Gasteiger charge is 2.19. The maximum absolute atomic E-state index is 11.6. The Balaban J connectivity index is 2.58. The standard InChI is InChI=1S/C17H26N2O4/c1-4-5-10-22-17(21)19-15(16(18)20)11-13-6-8-14(9-7-13)23-12(2)3/h6-9,12,15H,4-5,10-11H2,1-3H3,(H2,18,20)(H,19,21). The molecule has 23 heavy (non-hydrogen) atoms. The number of nitrogens with two attached hydrogens (primary N) is 1. The number of amides is 2. The minimum atomic E-state index is -0.805. The lowest BCUT2D eigenvalue weighted by Crippen LogP contribution is -2.46. The molecule has 6 heteroatoms. The molecule has 0 bridgehead atoms. The molecule has 0 heterocycles. The fraction of sp³-hybridized carbons (Fsp3) is 0.529. The fourth-order valence-electron chi connectivity index (χ4n) is 1.93. The van der Waals surface area contributed by atoms with Gasteiger partial charge in [0.1, 0.15) is 11.8 Å². The molecule has 1 aromatic carbocycles. The predicted octanol–water partition coefficient (Wildman–Crippen LogP) is 2.40. The number of rotatable bonds is 9. The molecule has 0 saturated heterocycles. The molecule has 0 radical (unpaired) electrons. The van der Waals surface area contributed by atoms with Crippen molar-refractivity contribution in [3.63, 3.8) is 0 Å². The SMILES string of the molecule is CCCCOC(=O)NC(Cc1ccc(OC(C)C)cc1)C(N)=O. The summed E-state index contributed by atoms with van der Waals surface area (Å²) in [5, 5.41) is 2.50. The van der Waals surface area contributed by atoms with Crippen molar-refractivity contribution in [2.45, 2.75) is 52.2 Å². The zero-order valence-electron chi connectivity index (χ0n) is 14.0. The maximum atomic E-state index is 11.6. The third kappa shape index (κ3) is 7.54. The van der Waals surface area contributed by atoms with Crippen molar-refractivity contribution in [1.29, 1.82) is 0 Å². The van der Waals surface area contributed by atoms with Crippen LogP contribution >= 0.6 is 0 Å². The van der Waals surface area contributed by atoms with Gasteiger partial charge in [0.25, 0.3) is 0 Å². The fourth-order valence-corrected chi connectivity index (χ4v) is 1.93. The minimum absolute atomic E-state index is 0.0961. The van der Waals surface area contributed by atoms with Gasteiger partial charge in [0.05, 0.1) is 12.7 Å². The Bertz CT molecular complexity index is 500. The average molecular weight is 322 g/mol. The molecule has 1 aromatic rings. The molecular formula is C17H26N2O4. The molecule has 0 aliphatic carbocycles. The van der Waals surface area contributed by atoms with Crippen LogP contribution in [0.25, 0.3) is 0 Å². The normalized spacial score (nSPS) is 11.8. The van der Waals surface area contributed by atoms with Gasteiger partial charge in [-0.3, -0.25) is 4.79 Å². The molecule has 128 valence electrons. The van der Waals surface area contributed by atoms with Gasteiger partial charge in [-0.15, -0.1) is 0 Å². The van der Waals surface area contributed by atoms with E-state index in [4.69, 9.17) is 15.2 Å². The molecule has 1 unspecified atom stereocenters. The van der Waals surface area contributed by atoms with Crippen molar-refractivity contribution in [2.75, 3.05) is 6.61 Å². The van der Waals surface area contributed by atoms with Gasteiger partial charge in [-0.05, 0) is 38.0 Å². The topological polar surface area (TPSA) is 90.7 Å². The van der Waals surface area contributed by atoms with Crippen LogP contribution in [0.5, 0.6) is 5.75 Å². The zero-order valence-corrected chi connectivity index (χ0v) is 14.0. The van der Waals surface area contributed by atoms with Crippen LogP contribution in [0.3, 0.4) is 0 Å². The Morgan fingerprint density at radius 2 is 1.87 bits per heavy atom. The van der Waals surface area contributed by atoms with E-state index in [0.29, 0.717) is 13.0 Å². The van der Waals surface area contributed by atoms with Gasteiger partial charge in [0, 0.05) is 6.42 Å². The Kier molecular flexibility index (Phi) is 7.94. The van der Waals surface area contributed by atoms with Crippen LogP contribution in [-0.4, -0.2) is 30.8 Å². The van der Waals surface area contributed by atoms with Crippen molar-refractivity contribution in [1.82, 2.24) is 5.32 Å². The van der Waals surface area contributed by atoms with Crippen LogP contribution < -0.4 is 15.8 Å². The summed E-state index contributed by atoms with van der Waals surface area (Å²) in [5.41, 5.74) is 6.22. The quantitative estimate of drug-likeness (QED) is 0.683. The second-order valence-corrected chi connectivity index (χ2v) is 5.60. The summed E-state index contributed by atoms with van der Waals surface area (Å²) in [6, 6.07) is 6.54. The number of carbonyl (C=O) groups excluding carboxylic acids is 2. The number of primary amides is 1. The Morgan fingerprint density at radius 3 is 2.39 bits per heavy atom. The van der Waals surface area contributed by atoms with Gasteiger partial charge in [0.2, 0.25) is 5.91 Å². The highest BCUT2D eigenvalue weighted by Crippen LogP contribution is 2.15. The molecule has 1 atom stereocenters. The molecule has 0 aliphatic heterocycles. The summed E-state index contributed by atoms with van der Waals surface area (Å²) >= 11 is 0. The van der Waals surface area contributed by atoms with E-state index in [-0.39, 0.29) is 6.10 Å². The molecule has 0 fully saturated rings. The summed E-state index contributed by atoms with van der Waals surface area (Å²) < 4.78 is 10.5. The molecular weight excluding hydrogens is 296 g/mol. The van der Waals surface area contributed by atoms with Crippen molar-refractivity contribution in [3.05, 3.63) is 29.8 Å². The number of carbonyl (C=O) groups is 2. The van der Waals surface area contributed by atoms with Gasteiger partial charge in [0.15, 0.2) is 0 Å². The number of nitrogens with one attached hydrogen (secondary N) is 1. The molecule has 1 rings (SSSR count). The summed E-state index contributed by atoms with van der Waals surface area (Å²) in [6.45, 7) is 6.23. The van der Waals surface area contributed by atoms with Crippen molar-refractivity contribution >= 4 is 12.0 Å². The third-order valence-corrected chi connectivity index (χ3v) is 3.10. The molecule has 0 aromatic heterocycles. The van der Waals surface area contributed by atoms with Gasteiger partial charge in [-0.25, -0.2) is 4.79 Å². The first-order valence-electron chi connectivity index (χ1n) is 7.90. The van der Waals surface area contributed by atoms with E-state index in [0.717, 1.165) is 24.2 Å². The summed E-state index contributed by atoms with van der Waals surface area (Å²) in [7, 11) is 0. The van der Waals surface area contributed by atoms with Gasteiger partial charge in [-0.2, -0.15) is 0 Å². The first-order valence-corrected chi connectivity index (χ1v) is 7.90. The van der Waals surface area contributed by atoms with Crippen LogP contribution in [0.4, 0.5) is 4.79 Å². The number of alkyl carbamates (subject to hydrolysis) is 1. The van der Waals surface area contributed by atoms with Crippen LogP contribution in [0.1, 0.15) is 39.2 Å². The number of hydrogen-bond acceptors (Lipinski definition) is 4. The van der Waals surface area contributed by atoms with Crippen molar-refractivity contribution < 1.29 is 19.1 Å². The van der Waals surface area contributed by atoms with E-state index in [1.807, 2.05) is 45.0 Å². The molecule has 0 saturated carbocycles. The second-order valence-electron chi connectivity index (χ2n) is 5.60. The highest BCUT2D eigenvalue weighted by molar-refractivity contribution is 5.84. The first kappa shape index (κ1) is 18.8. The molecule has 0 aliphatic rings. The average Bonchev–Trinajstić information content (AvgIpc) is 2.48. The molecule has 6 nitrogen and oxygen atoms in total. The number of hydrogen-bond donors (Lipinski definition) is 2. The summed E-state index contributed by atoms with van der Waals surface area (Å²) in [6.07, 6.45) is 1.49. The molecule has 3 N–H and O–H groups in total. The second kappa shape index (κ2) is 9.71. The van der Waals surface area contributed by atoms with Crippen LogP contribution in [0.2, 0.25) is 0 Å². The number of benzene rings is 1. The first-order chi connectivity index (χ1) is 10.9. The maximum Gasteiger partial charge on any atom is 0.407 e. The zero-order chi connectivity index (χ0) is 17.2. The van der Waals surface area contributed by atoms with Crippen molar-refractivity contribution in [3.8, 4) is 5.75 Å². The van der Waals surface area contributed by atoms with E-state index >= 15 is 0 Å². The molecule has 0 spiro atoms. The van der Waals surface area contributed by atoms with Gasteiger partial charge < -0.3 is 20.5 Å². The molecule has 2 amide bonds. The summed E-state index contributed by atoms with van der Waals surface area (Å²) in [5.74, 6) is 0.159. The van der Waals surface area contributed by atoms with E-state index in [9.17, 15) is 9.59 Å².